The van der Waals surface area contributed by atoms with Crippen molar-refractivity contribution in [3.05, 3.63) is 41.6 Å². The van der Waals surface area contributed by atoms with Crippen molar-refractivity contribution >= 4 is 17.5 Å². The predicted octanol–water partition coefficient (Wildman–Crippen LogP) is 3.22. The summed E-state index contributed by atoms with van der Waals surface area (Å²) in [4.78, 5) is 10.8. The number of rotatable bonds is 4. The van der Waals surface area contributed by atoms with Gasteiger partial charge < -0.3 is 20.3 Å². The van der Waals surface area contributed by atoms with Crippen LogP contribution in [0.4, 0.5) is 30.6 Å². The van der Waals surface area contributed by atoms with E-state index in [4.69, 9.17) is 4.74 Å². The number of hydrogen-bond donors (Lipinski definition) is 2. The molecule has 5 heterocycles. The number of piperidine rings is 1. The highest BCUT2D eigenvalue weighted by Crippen LogP contribution is 2.42. The second-order valence-electron chi connectivity index (χ2n) is 8.94. The molecule has 168 valence electrons. The Morgan fingerprint density at radius 2 is 1.88 bits per heavy atom. The molecule has 0 unspecified atom stereocenters. The van der Waals surface area contributed by atoms with Gasteiger partial charge in [0.05, 0.1) is 35.7 Å². The molecule has 0 aromatic carbocycles. The Kier molecular flexibility index (Phi) is 4.98. The Morgan fingerprint density at radius 3 is 2.50 bits per heavy atom. The maximum absolute atomic E-state index is 13.1. The predicted molar refractivity (Wildman–Crippen MR) is 112 cm³/mol. The number of nitrogens with one attached hydrogen (secondary N) is 2. The summed E-state index contributed by atoms with van der Waals surface area (Å²) < 4.78 is 44.7. The van der Waals surface area contributed by atoms with Gasteiger partial charge in [-0.3, -0.25) is 0 Å². The number of nitriles is 1. The Labute approximate surface area is 183 Å². The maximum Gasteiger partial charge on any atom is 0.416 e. The van der Waals surface area contributed by atoms with Gasteiger partial charge in [0.25, 0.3) is 0 Å². The van der Waals surface area contributed by atoms with Gasteiger partial charge in [0.2, 0.25) is 0 Å². The smallest absolute Gasteiger partial charge is 0.380 e. The van der Waals surface area contributed by atoms with Gasteiger partial charge in [-0.05, 0) is 55.8 Å². The van der Waals surface area contributed by atoms with E-state index in [1.165, 1.54) is 0 Å². The molecule has 3 fully saturated rings. The number of pyridine rings is 2. The summed E-state index contributed by atoms with van der Waals surface area (Å²) in [5.41, 5.74) is -0.446. The van der Waals surface area contributed by atoms with E-state index in [0.29, 0.717) is 24.5 Å². The fourth-order valence-electron chi connectivity index (χ4n) is 4.64. The highest BCUT2D eigenvalue weighted by Gasteiger charge is 2.49. The molecule has 0 radical (unpaired) electrons. The molecule has 3 saturated heterocycles. The third-order valence-corrected chi connectivity index (χ3v) is 6.57. The van der Waals surface area contributed by atoms with Crippen LogP contribution in [0.15, 0.2) is 30.5 Å². The number of nitrogens with zero attached hydrogens (tertiary/aromatic N) is 4. The van der Waals surface area contributed by atoms with Gasteiger partial charge in [0, 0.05) is 19.3 Å². The first-order valence-corrected chi connectivity index (χ1v) is 10.6. The van der Waals surface area contributed by atoms with Crippen LogP contribution in [0.25, 0.3) is 0 Å². The minimum Gasteiger partial charge on any atom is -0.380 e. The lowest BCUT2D eigenvalue weighted by Crippen LogP contribution is -2.66. The van der Waals surface area contributed by atoms with E-state index in [-0.39, 0.29) is 11.2 Å². The van der Waals surface area contributed by atoms with Crippen molar-refractivity contribution in [1.29, 1.82) is 5.26 Å². The lowest BCUT2D eigenvalue weighted by atomic mass is 9.74. The fraction of sp³-hybridized carbons (Fsp3) is 0.500. The highest BCUT2D eigenvalue weighted by atomic mass is 19.4. The Balaban J connectivity index is 1.49. The van der Waals surface area contributed by atoms with Crippen molar-refractivity contribution in [1.82, 2.24) is 15.3 Å². The van der Waals surface area contributed by atoms with Gasteiger partial charge in [-0.25, -0.2) is 9.97 Å². The van der Waals surface area contributed by atoms with Crippen LogP contribution in [-0.4, -0.2) is 49.4 Å². The lowest BCUT2D eigenvalue weighted by molar-refractivity contribution is -0.137. The molecule has 0 atom stereocenters. The van der Waals surface area contributed by atoms with E-state index < -0.39 is 17.2 Å². The van der Waals surface area contributed by atoms with Crippen LogP contribution in [0.5, 0.6) is 0 Å². The molecule has 1 spiro atoms. The Bertz CT molecular complexity index is 1050. The molecule has 7 nitrogen and oxygen atoms in total. The third-order valence-electron chi connectivity index (χ3n) is 6.57. The SMILES string of the molecule is N#CC1(c2cc(Nc3cc(C(F)(F)F)ccn3)nc(N3CC4(COC4)C3)c2)CCNCC1. The summed E-state index contributed by atoms with van der Waals surface area (Å²) >= 11 is 0. The summed E-state index contributed by atoms with van der Waals surface area (Å²) in [7, 11) is 0. The number of aromatic nitrogens is 2. The lowest BCUT2D eigenvalue weighted by Gasteiger charge is -2.55. The average molecular weight is 444 g/mol. The molecule has 0 saturated carbocycles. The highest BCUT2D eigenvalue weighted by molar-refractivity contribution is 5.60. The molecule has 0 amide bonds. The molecule has 0 aliphatic carbocycles. The van der Waals surface area contributed by atoms with Crippen LogP contribution in [0.1, 0.15) is 24.0 Å². The standard InChI is InChI=1S/C22H23F3N6O/c23-22(24,25)15-1-4-28-17(7-15)29-18-8-16(21(10-26)2-5-27-6-3-21)9-19(30-18)31-11-20(12-31)13-32-14-20/h1,4,7-9,27H,2-3,5-6,11-14H2,(H,28,29,30). The van der Waals surface area contributed by atoms with Crippen LogP contribution in [0, 0.1) is 16.7 Å². The zero-order valence-electron chi connectivity index (χ0n) is 17.4. The summed E-state index contributed by atoms with van der Waals surface area (Å²) in [5.74, 6) is 1.14. The van der Waals surface area contributed by atoms with E-state index in [9.17, 15) is 18.4 Å². The number of alkyl halides is 3. The second kappa shape index (κ2) is 7.60. The topological polar surface area (TPSA) is 86.1 Å². The van der Waals surface area contributed by atoms with Crippen molar-refractivity contribution in [3.8, 4) is 6.07 Å². The largest absolute Gasteiger partial charge is 0.416 e. The maximum atomic E-state index is 13.1. The number of halogens is 3. The van der Waals surface area contributed by atoms with Crippen molar-refractivity contribution in [2.45, 2.75) is 24.4 Å². The van der Waals surface area contributed by atoms with Gasteiger partial charge in [0.15, 0.2) is 0 Å². The summed E-state index contributed by atoms with van der Waals surface area (Å²) in [6.45, 7) is 4.55. The van der Waals surface area contributed by atoms with E-state index in [1.807, 2.05) is 6.07 Å². The van der Waals surface area contributed by atoms with Gasteiger partial charge in [-0.2, -0.15) is 18.4 Å². The molecule has 32 heavy (non-hydrogen) atoms. The van der Waals surface area contributed by atoms with Crippen molar-refractivity contribution < 1.29 is 17.9 Å². The third kappa shape index (κ3) is 3.76. The molecule has 3 aliphatic rings. The quantitative estimate of drug-likeness (QED) is 0.749. The fourth-order valence-corrected chi connectivity index (χ4v) is 4.64. The van der Waals surface area contributed by atoms with Crippen LogP contribution in [0.2, 0.25) is 0 Å². The molecule has 2 aromatic heterocycles. The normalized spacial score (nSPS) is 21.4. The molecule has 3 aliphatic heterocycles. The van der Waals surface area contributed by atoms with E-state index >= 15 is 0 Å². The number of hydrogen-bond acceptors (Lipinski definition) is 7. The molecule has 0 bridgehead atoms. The van der Waals surface area contributed by atoms with E-state index in [0.717, 1.165) is 63.3 Å². The molecular formula is C22H23F3N6O. The zero-order chi connectivity index (χ0) is 22.4. The van der Waals surface area contributed by atoms with Gasteiger partial charge in [0.1, 0.15) is 17.5 Å². The summed E-state index contributed by atoms with van der Waals surface area (Å²) in [6, 6.07) is 8.10. The first-order chi connectivity index (χ1) is 15.3. The molecule has 2 N–H and O–H groups in total. The second-order valence-corrected chi connectivity index (χ2v) is 8.94. The van der Waals surface area contributed by atoms with Crippen LogP contribution >= 0.6 is 0 Å². The monoisotopic (exact) mass is 444 g/mol. The van der Waals surface area contributed by atoms with E-state index in [2.05, 4.69) is 31.6 Å². The first-order valence-electron chi connectivity index (χ1n) is 10.6. The molecule has 2 aromatic rings. The van der Waals surface area contributed by atoms with Crippen LogP contribution < -0.4 is 15.5 Å². The van der Waals surface area contributed by atoms with Gasteiger partial charge in [-0.1, -0.05) is 0 Å². The summed E-state index contributed by atoms with van der Waals surface area (Å²) in [5, 5.41) is 16.3. The summed E-state index contributed by atoms with van der Waals surface area (Å²) in [6.07, 6.45) is -2.02. The van der Waals surface area contributed by atoms with Crippen LogP contribution in [0.3, 0.4) is 0 Å². The first kappa shape index (κ1) is 21.0. The minimum absolute atomic E-state index is 0.0548. The number of ether oxygens (including phenoxy) is 1. The molecular weight excluding hydrogens is 421 g/mol. The molecule has 10 heteroatoms. The Morgan fingerprint density at radius 1 is 1.12 bits per heavy atom. The van der Waals surface area contributed by atoms with Gasteiger partial charge in [-0.15, -0.1) is 0 Å². The van der Waals surface area contributed by atoms with Crippen molar-refractivity contribution in [2.24, 2.45) is 5.41 Å². The molecule has 5 rings (SSSR count). The minimum atomic E-state index is -4.46. The average Bonchev–Trinajstić information content (AvgIpc) is 2.72. The van der Waals surface area contributed by atoms with Crippen molar-refractivity contribution in [2.75, 3.05) is 49.6 Å². The zero-order valence-corrected chi connectivity index (χ0v) is 17.4. The number of anilines is 3. The van der Waals surface area contributed by atoms with E-state index in [1.54, 1.807) is 6.07 Å². The van der Waals surface area contributed by atoms with Crippen molar-refractivity contribution in [3.63, 3.8) is 0 Å². The van der Waals surface area contributed by atoms with Crippen LogP contribution in [-0.2, 0) is 16.3 Å². The van der Waals surface area contributed by atoms with Gasteiger partial charge >= 0.3 is 6.18 Å². The Hall–Kier alpha value is -2.90.